The Morgan fingerprint density at radius 1 is 1.20 bits per heavy atom. The van der Waals surface area contributed by atoms with Crippen molar-refractivity contribution in [2.24, 2.45) is 0 Å². The van der Waals surface area contributed by atoms with Crippen LogP contribution < -0.4 is 5.32 Å². The van der Waals surface area contributed by atoms with Crippen LogP contribution in [0.5, 0.6) is 0 Å². The lowest BCUT2D eigenvalue weighted by molar-refractivity contribution is -0.165. The van der Waals surface area contributed by atoms with E-state index in [0.717, 1.165) is 0 Å². The molecule has 1 heterocycles. The van der Waals surface area contributed by atoms with Gasteiger partial charge in [-0.25, -0.2) is 9.59 Å². The van der Waals surface area contributed by atoms with Crippen LogP contribution in [-0.2, 0) is 14.3 Å². The predicted molar refractivity (Wildman–Crippen MR) is 65.0 cm³/mol. The number of ether oxygens (including phenoxy) is 1. The van der Waals surface area contributed by atoms with Crippen LogP contribution in [0.1, 0.15) is 33.6 Å². The maximum Gasteiger partial charge on any atom is 0.336 e. The summed E-state index contributed by atoms with van der Waals surface area (Å²) in [6.07, 6.45) is 0.163. The molecular weight excluding hydrogens is 266 g/mol. The van der Waals surface area contributed by atoms with E-state index in [4.69, 9.17) is 5.11 Å². The van der Waals surface area contributed by atoms with Gasteiger partial charge in [-0.15, -0.1) is 0 Å². The van der Waals surface area contributed by atoms with E-state index in [1.54, 1.807) is 0 Å². The number of carbonyl (C=O) groups excluding carboxylic acids is 3. The van der Waals surface area contributed by atoms with Crippen LogP contribution in [0.2, 0.25) is 0 Å². The molecule has 0 saturated carbocycles. The number of esters is 2. The van der Waals surface area contributed by atoms with Crippen molar-refractivity contribution < 1.29 is 29.0 Å². The van der Waals surface area contributed by atoms with Gasteiger partial charge in [0.25, 0.3) is 5.91 Å². The molecule has 0 bridgehead atoms. The zero-order chi connectivity index (χ0) is 14.7. The zero-order valence-corrected chi connectivity index (χ0v) is 10.3. The van der Waals surface area contributed by atoms with Crippen molar-refractivity contribution in [2.45, 2.75) is 18.9 Å². The van der Waals surface area contributed by atoms with Crippen LogP contribution in [-0.4, -0.2) is 35.0 Å². The lowest BCUT2D eigenvalue weighted by Gasteiger charge is -2.20. The molecule has 1 amide bonds. The molecule has 1 fully saturated rings. The van der Waals surface area contributed by atoms with Crippen molar-refractivity contribution in [3.63, 3.8) is 0 Å². The Morgan fingerprint density at radius 3 is 2.45 bits per heavy atom. The molecule has 1 aliphatic heterocycles. The van der Waals surface area contributed by atoms with Crippen molar-refractivity contribution >= 4 is 23.8 Å². The molecule has 20 heavy (non-hydrogen) atoms. The summed E-state index contributed by atoms with van der Waals surface area (Å²) >= 11 is 0. The van der Waals surface area contributed by atoms with Gasteiger partial charge in [-0.3, -0.25) is 9.59 Å². The highest BCUT2D eigenvalue weighted by Crippen LogP contribution is 2.13. The van der Waals surface area contributed by atoms with Crippen LogP contribution >= 0.6 is 0 Å². The Hall–Kier alpha value is -2.70. The van der Waals surface area contributed by atoms with Crippen molar-refractivity contribution in [3.8, 4) is 0 Å². The van der Waals surface area contributed by atoms with Gasteiger partial charge in [-0.2, -0.15) is 0 Å². The fourth-order valence-corrected chi connectivity index (χ4v) is 1.85. The fraction of sp³-hybridized carbons (Fsp3) is 0.231. The number of benzene rings is 1. The molecule has 2 N–H and O–H groups in total. The van der Waals surface area contributed by atoms with Gasteiger partial charge in [0.05, 0.1) is 11.1 Å². The third-order valence-corrected chi connectivity index (χ3v) is 2.84. The van der Waals surface area contributed by atoms with Crippen molar-refractivity contribution in [1.82, 2.24) is 5.32 Å². The van der Waals surface area contributed by atoms with Gasteiger partial charge >= 0.3 is 17.9 Å². The summed E-state index contributed by atoms with van der Waals surface area (Å²) in [5.74, 6) is -3.40. The summed E-state index contributed by atoms with van der Waals surface area (Å²) in [4.78, 5) is 45.3. The standard InChI is InChI=1S/C13H11NO6/c15-10-6-5-9(13(19)20-10)14-11(16)7-3-1-2-4-8(7)12(17)18/h1-4,9H,5-6H2,(H,14,16)(H,17,18)/t9-/m1/s1. The topological polar surface area (TPSA) is 110 Å². The minimum absolute atomic E-state index is 0.0251. The number of aromatic carboxylic acids is 1. The van der Waals surface area contributed by atoms with Gasteiger partial charge in [0, 0.05) is 6.42 Å². The summed E-state index contributed by atoms with van der Waals surface area (Å²) in [5.41, 5.74) is -0.213. The second-order valence-corrected chi connectivity index (χ2v) is 4.21. The Kier molecular flexibility index (Phi) is 3.79. The minimum atomic E-state index is -1.24. The molecule has 1 aromatic rings. The first kappa shape index (κ1) is 13.7. The monoisotopic (exact) mass is 277 g/mol. The largest absolute Gasteiger partial charge is 0.478 e. The third kappa shape index (κ3) is 2.82. The molecule has 0 aliphatic carbocycles. The van der Waals surface area contributed by atoms with Gasteiger partial charge in [0.15, 0.2) is 0 Å². The first-order chi connectivity index (χ1) is 9.49. The highest BCUT2D eigenvalue weighted by atomic mass is 16.6. The van der Waals surface area contributed by atoms with Crippen molar-refractivity contribution in [1.29, 1.82) is 0 Å². The Balaban J connectivity index is 2.15. The average molecular weight is 277 g/mol. The number of carboxylic acid groups (broad SMARTS) is 1. The highest BCUT2D eigenvalue weighted by molar-refractivity contribution is 6.06. The van der Waals surface area contributed by atoms with Crippen LogP contribution in [0, 0.1) is 0 Å². The molecular formula is C13H11NO6. The van der Waals surface area contributed by atoms with Gasteiger partial charge < -0.3 is 15.2 Å². The normalized spacial score (nSPS) is 18.3. The van der Waals surface area contributed by atoms with E-state index < -0.39 is 29.9 Å². The summed E-state index contributed by atoms with van der Waals surface area (Å²) < 4.78 is 4.40. The summed E-state index contributed by atoms with van der Waals surface area (Å²) in [6.45, 7) is 0. The van der Waals surface area contributed by atoms with Gasteiger partial charge in [0.1, 0.15) is 6.04 Å². The van der Waals surface area contributed by atoms with E-state index in [-0.39, 0.29) is 24.0 Å². The molecule has 1 aromatic carbocycles. The predicted octanol–water partition coefficient (Wildman–Crippen LogP) is 0.347. The molecule has 1 aliphatic rings. The lowest BCUT2D eigenvalue weighted by Crippen LogP contribution is -2.45. The summed E-state index contributed by atoms with van der Waals surface area (Å²) in [5, 5.41) is 11.4. The van der Waals surface area contributed by atoms with Gasteiger partial charge in [-0.1, -0.05) is 12.1 Å². The van der Waals surface area contributed by atoms with E-state index in [1.807, 2.05) is 0 Å². The smallest absolute Gasteiger partial charge is 0.336 e. The minimum Gasteiger partial charge on any atom is -0.478 e. The van der Waals surface area contributed by atoms with Crippen LogP contribution in [0.15, 0.2) is 24.3 Å². The second-order valence-electron chi connectivity index (χ2n) is 4.21. The fourth-order valence-electron chi connectivity index (χ4n) is 1.85. The SMILES string of the molecule is O=C1CC[C@@H](NC(=O)c2ccccc2C(=O)O)C(=O)O1. The molecule has 2 rings (SSSR count). The maximum atomic E-state index is 12.0. The Morgan fingerprint density at radius 2 is 1.85 bits per heavy atom. The van der Waals surface area contributed by atoms with E-state index in [0.29, 0.717) is 0 Å². The zero-order valence-electron chi connectivity index (χ0n) is 10.3. The molecule has 1 saturated heterocycles. The average Bonchev–Trinajstić information content (AvgIpc) is 2.41. The van der Waals surface area contributed by atoms with Gasteiger partial charge in [0.2, 0.25) is 0 Å². The molecule has 1 atom stereocenters. The molecule has 7 heteroatoms. The van der Waals surface area contributed by atoms with E-state index in [1.165, 1.54) is 24.3 Å². The molecule has 0 unspecified atom stereocenters. The lowest BCUT2D eigenvalue weighted by atomic mass is 10.0. The maximum absolute atomic E-state index is 12.0. The first-order valence-electron chi connectivity index (χ1n) is 5.86. The number of cyclic esters (lactones) is 2. The van der Waals surface area contributed by atoms with Crippen molar-refractivity contribution in [3.05, 3.63) is 35.4 Å². The molecule has 0 radical (unpaired) electrons. The van der Waals surface area contributed by atoms with E-state index in [9.17, 15) is 19.2 Å². The number of rotatable bonds is 3. The van der Waals surface area contributed by atoms with Crippen molar-refractivity contribution in [2.75, 3.05) is 0 Å². The number of hydrogen-bond acceptors (Lipinski definition) is 5. The van der Waals surface area contributed by atoms with Crippen LogP contribution in [0.25, 0.3) is 0 Å². The quantitative estimate of drug-likeness (QED) is 0.609. The second kappa shape index (κ2) is 5.52. The Bertz CT molecular complexity index is 594. The Labute approximate surface area is 113 Å². The van der Waals surface area contributed by atoms with Crippen LogP contribution in [0.3, 0.4) is 0 Å². The van der Waals surface area contributed by atoms with E-state index >= 15 is 0 Å². The molecule has 7 nitrogen and oxygen atoms in total. The van der Waals surface area contributed by atoms with Crippen LogP contribution in [0.4, 0.5) is 0 Å². The molecule has 104 valence electrons. The number of hydrogen-bond donors (Lipinski definition) is 2. The number of amides is 1. The highest BCUT2D eigenvalue weighted by Gasteiger charge is 2.31. The number of nitrogens with one attached hydrogen (secondary N) is 1. The summed E-state index contributed by atoms with van der Waals surface area (Å²) in [6, 6.07) is 4.71. The molecule has 0 aromatic heterocycles. The first-order valence-corrected chi connectivity index (χ1v) is 5.86. The summed E-state index contributed by atoms with van der Waals surface area (Å²) in [7, 11) is 0. The van der Waals surface area contributed by atoms with E-state index in [2.05, 4.69) is 10.1 Å². The third-order valence-electron chi connectivity index (χ3n) is 2.84. The van der Waals surface area contributed by atoms with Gasteiger partial charge in [-0.05, 0) is 18.6 Å². The molecule has 0 spiro atoms. The number of carboxylic acids is 1. The number of carbonyl (C=O) groups is 4.